The van der Waals surface area contributed by atoms with Gasteiger partial charge in [0.25, 0.3) is 0 Å². The Hall–Kier alpha value is -12.9. The van der Waals surface area contributed by atoms with Crippen molar-refractivity contribution < 1.29 is 0 Å². The lowest BCUT2D eigenvalue weighted by molar-refractivity contribution is 0.660. The van der Waals surface area contributed by atoms with Crippen LogP contribution < -0.4 is 0 Å². The van der Waals surface area contributed by atoms with Gasteiger partial charge in [-0.05, 0) is 154 Å². The van der Waals surface area contributed by atoms with E-state index in [2.05, 4.69) is 314 Å². The number of nitrogens with zero attached hydrogens (tertiary/aromatic N) is 8. The first-order chi connectivity index (χ1) is 50.8. The fourth-order valence-corrected chi connectivity index (χ4v) is 18.3. The molecule has 0 saturated heterocycles. The topological polar surface area (TPSA) is 87.2 Å². The first-order valence-corrected chi connectivity index (χ1v) is 36.4. The molecule has 21 rings (SSSR count). The highest BCUT2D eigenvalue weighted by Gasteiger charge is 2.36. The van der Waals surface area contributed by atoms with Crippen LogP contribution in [-0.4, -0.2) is 39.0 Å². The molecule has 1 aliphatic rings. The molecule has 482 valence electrons. The van der Waals surface area contributed by atoms with Gasteiger partial charge in [0.05, 0.1) is 22.1 Å². The van der Waals surface area contributed by atoms with Gasteiger partial charge in [-0.25, -0.2) is 29.9 Å². The largest absolute Gasteiger partial charge is 0.309 e. The molecule has 0 bridgehead atoms. The molecular formula is C93H58N8S2. The van der Waals surface area contributed by atoms with Gasteiger partial charge in [-0.1, -0.05) is 220 Å². The second kappa shape index (κ2) is 23.1. The highest BCUT2D eigenvalue weighted by Crippen LogP contribution is 2.51. The van der Waals surface area contributed by atoms with Crippen molar-refractivity contribution in [1.29, 1.82) is 0 Å². The van der Waals surface area contributed by atoms with Crippen molar-refractivity contribution in [1.82, 2.24) is 39.0 Å². The van der Waals surface area contributed by atoms with Crippen molar-refractivity contribution in [3.63, 3.8) is 0 Å². The Balaban J connectivity index is 0.698. The fraction of sp³-hybridized carbons (Fsp3) is 0.0323. The minimum Gasteiger partial charge on any atom is -0.309 e. The zero-order valence-electron chi connectivity index (χ0n) is 55.9. The van der Waals surface area contributed by atoms with Crippen LogP contribution in [0, 0.1) is 0 Å². The van der Waals surface area contributed by atoms with E-state index in [1.54, 1.807) is 0 Å². The summed E-state index contributed by atoms with van der Waals surface area (Å²) in [6.45, 7) is 4.64. The molecule has 10 heteroatoms. The SMILES string of the molecule is CC1(C)c2ccccc2-c2ccc(-c3nc(-c4ccc(-n5c6ccccc6c6cc7c(cc65)sc5ccccc57)cc4)nc(-c4cccc(-c5cccc6c5c5cc7c(cc5n6-c5ccc(-c6nc(-c8ccccc8)nc(-c8ccc(-c9ccccc9)cc8)n6)cc5)sc5ccccc57)c4)n3)cc21. The molecule has 6 heterocycles. The van der Waals surface area contributed by atoms with E-state index < -0.39 is 0 Å². The summed E-state index contributed by atoms with van der Waals surface area (Å²) in [6.07, 6.45) is 0. The molecule has 0 N–H and O–H groups in total. The van der Waals surface area contributed by atoms with Gasteiger partial charge in [0.2, 0.25) is 0 Å². The molecule has 1 aliphatic carbocycles. The molecule has 0 aliphatic heterocycles. The van der Waals surface area contributed by atoms with Gasteiger partial charge < -0.3 is 9.13 Å². The van der Waals surface area contributed by atoms with Crippen molar-refractivity contribution in [3.05, 3.63) is 327 Å². The smallest absolute Gasteiger partial charge is 0.164 e. The van der Waals surface area contributed by atoms with Gasteiger partial charge in [-0.2, -0.15) is 0 Å². The maximum atomic E-state index is 5.48. The minimum absolute atomic E-state index is 0.222. The fourth-order valence-electron chi connectivity index (χ4n) is 16.0. The lowest BCUT2D eigenvalue weighted by atomic mass is 9.82. The summed E-state index contributed by atoms with van der Waals surface area (Å²) in [4.78, 5) is 31.8. The summed E-state index contributed by atoms with van der Waals surface area (Å²) in [5, 5.41) is 9.85. The molecule has 20 aromatic rings. The molecule has 0 fully saturated rings. The van der Waals surface area contributed by atoms with Gasteiger partial charge in [0.1, 0.15) is 0 Å². The third-order valence-electron chi connectivity index (χ3n) is 21.1. The van der Waals surface area contributed by atoms with Gasteiger partial charge >= 0.3 is 0 Å². The molecule has 0 amide bonds. The van der Waals surface area contributed by atoms with Crippen LogP contribution in [0.3, 0.4) is 0 Å². The average molecular weight is 1350 g/mol. The summed E-state index contributed by atoms with van der Waals surface area (Å²) in [6, 6.07) is 113. The molecule has 0 radical (unpaired) electrons. The summed E-state index contributed by atoms with van der Waals surface area (Å²) < 4.78 is 9.88. The van der Waals surface area contributed by atoms with Crippen LogP contribution in [0.5, 0.6) is 0 Å². The van der Waals surface area contributed by atoms with Gasteiger partial charge in [0.15, 0.2) is 34.9 Å². The Labute approximate surface area is 600 Å². The standard InChI is InChI=1S/C93H58N8S2/c1-93(2)76-30-13-9-25-67(76)68-48-43-63(50-77(68)93)92-98-90(60-39-44-64(45-40-60)100-78-31-14-10-26-69(78)72-51-73-70-27-11-15-33-82(70)102-84(73)53-80(72)100)97-91(99-92)62-24-17-23-61(49-62)66-29-18-32-79-86(66)75-52-74-71-28-12-16-34-83(71)103-85(74)54-81(75)101(79)65-46-41-59(42-47-65)89-95-87(57-21-7-4-8-22-57)94-88(96-89)58-37-35-56(36-38-58)55-19-5-3-6-20-55/h3-54H,1-2H3. The summed E-state index contributed by atoms with van der Waals surface area (Å²) >= 11 is 3.69. The van der Waals surface area contributed by atoms with Gasteiger partial charge in [-0.15, -0.1) is 22.7 Å². The van der Waals surface area contributed by atoms with E-state index in [4.69, 9.17) is 29.9 Å². The van der Waals surface area contributed by atoms with E-state index in [9.17, 15) is 0 Å². The molecule has 103 heavy (non-hydrogen) atoms. The molecule has 0 unspecified atom stereocenters. The number of benzene rings is 14. The number of fused-ring (bicyclic) bond motifs is 15. The van der Waals surface area contributed by atoms with E-state index in [0.29, 0.717) is 34.9 Å². The number of rotatable bonds is 10. The number of aromatic nitrogens is 8. The maximum Gasteiger partial charge on any atom is 0.164 e. The molecule has 0 spiro atoms. The van der Waals surface area contributed by atoms with Crippen molar-refractivity contribution in [2.24, 2.45) is 0 Å². The second-order valence-electron chi connectivity index (χ2n) is 27.3. The first kappa shape index (κ1) is 59.0. The van der Waals surface area contributed by atoms with Crippen LogP contribution in [0.1, 0.15) is 25.0 Å². The quantitative estimate of drug-likeness (QED) is 0.136. The highest BCUT2D eigenvalue weighted by molar-refractivity contribution is 7.26. The van der Waals surface area contributed by atoms with Crippen molar-refractivity contribution in [2.45, 2.75) is 19.3 Å². The third kappa shape index (κ3) is 9.56. The summed E-state index contributed by atoms with van der Waals surface area (Å²) in [5.41, 5.74) is 21.4. The monoisotopic (exact) mass is 1350 g/mol. The maximum absolute atomic E-state index is 5.48. The number of hydrogen-bond donors (Lipinski definition) is 0. The Morgan fingerprint density at radius 2 is 0.631 bits per heavy atom. The van der Waals surface area contributed by atoms with Crippen LogP contribution >= 0.6 is 22.7 Å². The molecule has 14 aromatic carbocycles. The predicted octanol–water partition coefficient (Wildman–Crippen LogP) is 24.6. The Morgan fingerprint density at radius 3 is 1.25 bits per heavy atom. The van der Waals surface area contributed by atoms with Crippen LogP contribution in [-0.2, 0) is 5.41 Å². The first-order valence-electron chi connectivity index (χ1n) is 34.8. The summed E-state index contributed by atoms with van der Waals surface area (Å²) in [7, 11) is 0. The lowest BCUT2D eigenvalue weighted by Crippen LogP contribution is -2.15. The molecule has 0 saturated carbocycles. The normalized spacial score (nSPS) is 12.6. The zero-order chi connectivity index (χ0) is 68.0. The molecule has 8 nitrogen and oxygen atoms in total. The second-order valence-corrected chi connectivity index (χ2v) is 29.5. The average Bonchev–Trinajstić information content (AvgIpc) is 1.57. The van der Waals surface area contributed by atoms with Crippen LogP contribution in [0.4, 0.5) is 0 Å². The predicted molar refractivity (Wildman–Crippen MR) is 429 cm³/mol. The van der Waals surface area contributed by atoms with Crippen molar-refractivity contribution in [3.8, 4) is 113 Å². The van der Waals surface area contributed by atoms with Crippen LogP contribution in [0.25, 0.3) is 197 Å². The minimum atomic E-state index is -0.222. The van der Waals surface area contributed by atoms with E-state index in [1.807, 2.05) is 46.9 Å². The number of thiophene rings is 2. The third-order valence-corrected chi connectivity index (χ3v) is 23.3. The highest BCUT2D eigenvalue weighted by atomic mass is 32.1. The Bertz CT molecular complexity index is 6870. The summed E-state index contributed by atoms with van der Waals surface area (Å²) in [5.74, 6) is 3.63. The zero-order valence-corrected chi connectivity index (χ0v) is 57.5. The van der Waals surface area contributed by atoms with E-state index >= 15 is 0 Å². The van der Waals surface area contributed by atoms with E-state index in [-0.39, 0.29) is 5.41 Å². The van der Waals surface area contributed by atoms with Gasteiger partial charge in [-0.3, -0.25) is 0 Å². The van der Waals surface area contributed by atoms with E-state index in [0.717, 1.165) is 94.3 Å². The van der Waals surface area contributed by atoms with Crippen LogP contribution in [0.15, 0.2) is 315 Å². The van der Waals surface area contributed by atoms with E-state index in [1.165, 1.54) is 78.9 Å². The molecule has 0 atom stereocenters. The van der Waals surface area contributed by atoms with Crippen LogP contribution in [0.2, 0.25) is 0 Å². The number of hydrogen-bond acceptors (Lipinski definition) is 8. The van der Waals surface area contributed by atoms with Crippen molar-refractivity contribution in [2.75, 3.05) is 0 Å². The Morgan fingerprint density at radius 1 is 0.233 bits per heavy atom. The number of para-hydroxylation sites is 1. The van der Waals surface area contributed by atoms with Crippen molar-refractivity contribution >= 4 is 107 Å². The molecule has 6 aromatic heterocycles. The molecular weight excluding hydrogens is 1290 g/mol. The lowest BCUT2D eigenvalue weighted by Gasteiger charge is -2.21. The van der Waals surface area contributed by atoms with Gasteiger partial charge in [0, 0.05) is 112 Å². The Kier molecular flexibility index (Phi) is 13.2.